The SMILES string of the molecule is CC[C@H]1CN(C(=O)CCc2ccc(C(F)(F)F)cc2)CCN1c1nc(N)c2cc(OC)c(OC)c(F)c2n1. The first-order valence-corrected chi connectivity index (χ1v) is 12.2. The van der Waals surface area contributed by atoms with Crippen molar-refractivity contribution in [1.82, 2.24) is 14.9 Å². The summed E-state index contributed by atoms with van der Waals surface area (Å²) in [6.07, 6.45) is -3.22. The van der Waals surface area contributed by atoms with Crippen molar-refractivity contribution in [3.8, 4) is 11.5 Å². The maximum atomic E-state index is 15.2. The molecule has 4 rings (SSSR count). The van der Waals surface area contributed by atoms with E-state index in [9.17, 15) is 18.0 Å². The molecule has 2 aromatic carbocycles. The third-order valence-corrected chi connectivity index (χ3v) is 6.77. The number of carbonyl (C=O) groups excluding carboxylic acids is 1. The molecule has 0 spiro atoms. The molecule has 1 amide bonds. The molecule has 204 valence electrons. The second-order valence-corrected chi connectivity index (χ2v) is 9.02. The molecule has 0 unspecified atom stereocenters. The Kier molecular flexibility index (Phi) is 7.79. The van der Waals surface area contributed by atoms with Gasteiger partial charge in [-0.2, -0.15) is 18.2 Å². The van der Waals surface area contributed by atoms with E-state index in [0.717, 1.165) is 12.1 Å². The third-order valence-electron chi connectivity index (χ3n) is 6.77. The molecule has 1 aliphatic heterocycles. The summed E-state index contributed by atoms with van der Waals surface area (Å²) in [6.45, 7) is 3.16. The van der Waals surface area contributed by atoms with Crippen LogP contribution in [0.1, 0.15) is 30.9 Å². The lowest BCUT2D eigenvalue weighted by molar-refractivity contribution is -0.137. The molecular weight excluding hydrogens is 506 g/mol. The van der Waals surface area contributed by atoms with Gasteiger partial charge < -0.3 is 25.0 Å². The van der Waals surface area contributed by atoms with E-state index in [1.807, 2.05) is 11.8 Å². The van der Waals surface area contributed by atoms with Crippen molar-refractivity contribution >= 4 is 28.6 Å². The normalized spacial score (nSPS) is 16.1. The summed E-state index contributed by atoms with van der Waals surface area (Å²) in [5.74, 6) is -0.360. The Morgan fingerprint density at radius 3 is 2.45 bits per heavy atom. The fourth-order valence-electron chi connectivity index (χ4n) is 4.63. The van der Waals surface area contributed by atoms with Crippen LogP contribution >= 0.6 is 0 Å². The van der Waals surface area contributed by atoms with Crippen molar-refractivity contribution in [3.05, 3.63) is 47.3 Å². The van der Waals surface area contributed by atoms with Gasteiger partial charge in [-0.25, -0.2) is 9.37 Å². The van der Waals surface area contributed by atoms with Gasteiger partial charge in [0.25, 0.3) is 0 Å². The Labute approximate surface area is 217 Å². The minimum atomic E-state index is -4.40. The lowest BCUT2D eigenvalue weighted by atomic mass is 10.1. The van der Waals surface area contributed by atoms with Gasteiger partial charge >= 0.3 is 6.18 Å². The first kappa shape index (κ1) is 27.2. The zero-order valence-electron chi connectivity index (χ0n) is 21.3. The smallest absolute Gasteiger partial charge is 0.416 e. The fraction of sp³-hybridized carbons (Fsp3) is 0.423. The van der Waals surface area contributed by atoms with Gasteiger partial charge in [0, 0.05) is 37.5 Å². The highest BCUT2D eigenvalue weighted by molar-refractivity contribution is 5.92. The first-order valence-electron chi connectivity index (χ1n) is 12.2. The average molecular weight is 536 g/mol. The van der Waals surface area contributed by atoms with Crippen LogP contribution in [0.2, 0.25) is 0 Å². The number of amides is 1. The van der Waals surface area contributed by atoms with Gasteiger partial charge in [-0.05, 0) is 36.6 Å². The van der Waals surface area contributed by atoms with Crippen LogP contribution in [0.15, 0.2) is 30.3 Å². The third kappa shape index (κ3) is 5.39. The van der Waals surface area contributed by atoms with Gasteiger partial charge in [0.2, 0.25) is 11.9 Å². The Morgan fingerprint density at radius 1 is 1.13 bits per heavy atom. The van der Waals surface area contributed by atoms with Crippen molar-refractivity contribution in [2.45, 2.75) is 38.4 Å². The summed E-state index contributed by atoms with van der Waals surface area (Å²) < 4.78 is 63.9. The van der Waals surface area contributed by atoms with Crippen LogP contribution in [0.3, 0.4) is 0 Å². The second-order valence-electron chi connectivity index (χ2n) is 9.02. The number of methoxy groups -OCH3 is 2. The van der Waals surface area contributed by atoms with Gasteiger partial charge in [-0.15, -0.1) is 0 Å². The molecule has 12 heteroatoms. The molecule has 0 aliphatic carbocycles. The van der Waals surface area contributed by atoms with Crippen molar-refractivity contribution in [2.75, 3.05) is 44.5 Å². The van der Waals surface area contributed by atoms with Crippen molar-refractivity contribution in [2.24, 2.45) is 0 Å². The lowest BCUT2D eigenvalue weighted by Gasteiger charge is -2.41. The number of rotatable bonds is 7. The Balaban J connectivity index is 1.48. The van der Waals surface area contributed by atoms with Crippen LogP contribution in [-0.2, 0) is 17.4 Å². The number of fused-ring (bicyclic) bond motifs is 1. The second kappa shape index (κ2) is 10.9. The van der Waals surface area contributed by atoms with E-state index in [1.165, 1.54) is 32.4 Å². The number of benzene rings is 2. The van der Waals surface area contributed by atoms with Crippen LogP contribution in [0.5, 0.6) is 11.5 Å². The Morgan fingerprint density at radius 2 is 1.84 bits per heavy atom. The van der Waals surface area contributed by atoms with Crippen LogP contribution in [0.4, 0.5) is 29.3 Å². The maximum absolute atomic E-state index is 15.2. The van der Waals surface area contributed by atoms with Gasteiger partial charge in [0.1, 0.15) is 11.3 Å². The molecule has 1 aromatic heterocycles. The number of nitrogens with zero attached hydrogens (tertiary/aromatic N) is 4. The van der Waals surface area contributed by atoms with Crippen LogP contribution in [0, 0.1) is 5.82 Å². The van der Waals surface area contributed by atoms with E-state index in [0.29, 0.717) is 43.4 Å². The van der Waals surface area contributed by atoms with E-state index in [2.05, 4.69) is 9.97 Å². The number of aromatic nitrogens is 2. The maximum Gasteiger partial charge on any atom is 0.416 e. The monoisotopic (exact) mass is 535 g/mol. The Hall–Kier alpha value is -3.83. The molecule has 0 radical (unpaired) electrons. The highest BCUT2D eigenvalue weighted by Crippen LogP contribution is 2.38. The van der Waals surface area contributed by atoms with Crippen LogP contribution in [0.25, 0.3) is 10.9 Å². The summed E-state index contributed by atoms with van der Waals surface area (Å²) in [7, 11) is 2.73. The summed E-state index contributed by atoms with van der Waals surface area (Å²) in [5, 5.41) is 0.300. The van der Waals surface area contributed by atoms with Crippen LogP contribution in [-0.4, -0.2) is 60.7 Å². The molecule has 1 atom stereocenters. The molecule has 2 heterocycles. The van der Waals surface area contributed by atoms with Crippen molar-refractivity contribution in [1.29, 1.82) is 0 Å². The van der Waals surface area contributed by atoms with E-state index < -0.39 is 17.6 Å². The Bertz CT molecular complexity index is 1320. The number of alkyl halides is 3. The predicted octanol–water partition coefficient (Wildman–Crippen LogP) is 4.45. The van der Waals surface area contributed by atoms with Gasteiger partial charge in [-0.1, -0.05) is 19.1 Å². The van der Waals surface area contributed by atoms with Gasteiger partial charge in [-0.3, -0.25) is 4.79 Å². The minimum Gasteiger partial charge on any atom is -0.493 e. The van der Waals surface area contributed by atoms with Crippen molar-refractivity contribution in [3.63, 3.8) is 0 Å². The van der Waals surface area contributed by atoms with Crippen LogP contribution < -0.4 is 20.1 Å². The summed E-state index contributed by atoms with van der Waals surface area (Å²) >= 11 is 0. The first-order chi connectivity index (χ1) is 18.1. The van der Waals surface area contributed by atoms with E-state index in [4.69, 9.17) is 15.2 Å². The zero-order chi connectivity index (χ0) is 27.6. The molecule has 1 aliphatic rings. The molecule has 0 saturated carbocycles. The highest BCUT2D eigenvalue weighted by atomic mass is 19.4. The standard InChI is InChI=1S/C26H29F4N5O3/c1-4-17-14-34(20(36)10-7-15-5-8-16(9-6-15)26(28,29)30)11-12-35(17)25-32-22-18(24(31)33-25)13-19(37-2)23(38-3)21(22)27/h5-6,8-9,13,17H,4,7,10-12,14H2,1-3H3,(H2,31,32,33)/t17-/m0/s1. The largest absolute Gasteiger partial charge is 0.493 e. The van der Waals surface area contributed by atoms with Gasteiger partial charge in [0.05, 0.1) is 19.8 Å². The summed E-state index contributed by atoms with van der Waals surface area (Å²) in [6, 6.07) is 6.23. The number of anilines is 2. The fourth-order valence-corrected chi connectivity index (χ4v) is 4.63. The molecule has 38 heavy (non-hydrogen) atoms. The number of nitrogen functional groups attached to an aromatic ring is 1. The van der Waals surface area contributed by atoms with E-state index >= 15 is 4.39 Å². The topological polar surface area (TPSA) is 93.8 Å². The van der Waals surface area contributed by atoms with E-state index in [1.54, 1.807) is 4.90 Å². The number of aryl methyl sites for hydroxylation is 1. The number of halogens is 4. The van der Waals surface area contributed by atoms with Crippen molar-refractivity contribution < 1.29 is 31.8 Å². The molecule has 1 saturated heterocycles. The number of ether oxygens (including phenoxy) is 2. The molecule has 1 fully saturated rings. The number of piperazine rings is 1. The quantitative estimate of drug-likeness (QED) is 0.447. The number of nitrogens with two attached hydrogens (primary N) is 1. The number of carbonyl (C=O) groups is 1. The molecule has 2 N–H and O–H groups in total. The predicted molar refractivity (Wildman–Crippen MR) is 135 cm³/mol. The molecule has 0 bridgehead atoms. The number of hydrogen-bond acceptors (Lipinski definition) is 7. The van der Waals surface area contributed by atoms with E-state index in [-0.39, 0.29) is 47.2 Å². The molecule has 3 aromatic rings. The summed E-state index contributed by atoms with van der Waals surface area (Å²) in [5.41, 5.74) is 6.12. The zero-order valence-corrected chi connectivity index (χ0v) is 21.3. The average Bonchev–Trinajstić information content (AvgIpc) is 2.91. The number of hydrogen-bond donors (Lipinski definition) is 1. The molecular formula is C26H29F4N5O3. The minimum absolute atomic E-state index is 0.00931. The summed E-state index contributed by atoms with van der Waals surface area (Å²) in [4.78, 5) is 25.4. The lowest BCUT2D eigenvalue weighted by Crippen LogP contribution is -2.55. The van der Waals surface area contributed by atoms with Gasteiger partial charge in [0.15, 0.2) is 17.3 Å². The highest BCUT2D eigenvalue weighted by Gasteiger charge is 2.32. The molecule has 8 nitrogen and oxygen atoms in total.